The van der Waals surface area contributed by atoms with Crippen molar-refractivity contribution in [1.29, 1.82) is 0 Å². The number of nitrogens with zero attached hydrogens (tertiary/aromatic N) is 2. The van der Waals surface area contributed by atoms with Crippen LogP contribution in [-0.2, 0) is 26.2 Å². The predicted octanol–water partition coefficient (Wildman–Crippen LogP) is 3.78. The number of aryl methyl sites for hydroxylation is 2. The van der Waals surface area contributed by atoms with Crippen LogP contribution in [0.1, 0.15) is 37.0 Å². The monoisotopic (exact) mass is 537 g/mol. The van der Waals surface area contributed by atoms with Gasteiger partial charge in [-0.15, -0.1) is 0 Å². The zero-order valence-electron chi connectivity index (χ0n) is 19.8. The van der Waals surface area contributed by atoms with Crippen molar-refractivity contribution in [3.8, 4) is 0 Å². The summed E-state index contributed by atoms with van der Waals surface area (Å²) in [6, 6.07) is 12.0. The van der Waals surface area contributed by atoms with Crippen molar-refractivity contribution in [3.05, 3.63) is 63.6 Å². The molecule has 2 aromatic carbocycles. The minimum atomic E-state index is -3.75. The van der Waals surface area contributed by atoms with Gasteiger partial charge in [0.25, 0.3) is 0 Å². The van der Waals surface area contributed by atoms with Crippen LogP contribution in [0.5, 0.6) is 0 Å². The molecule has 33 heavy (non-hydrogen) atoms. The van der Waals surface area contributed by atoms with E-state index in [0.29, 0.717) is 12.2 Å². The van der Waals surface area contributed by atoms with Gasteiger partial charge < -0.3 is 10.2 Å². The Morgan fingerprint density at radius 2 is 1.76 bits per heavy atom. The summed E-state index contributed by atoms with van der Waals surface area (Å²) in [5, 5.41) is 2.83. The van der Waals surface area contributed by atoms with Gasteiger partial charge in [-0.25, -0.2) is 8.42 Å². The molecule has 0 heterocycles. The van der Waals surface area contributed by atoms with Gasteiger partial charge in [-0.2, -0.15) is 0 Å². The Morgan fingerprint density at radius 3 is 2.33 bits per heavy atom. The molecular weight excluding hydrogens is 506 g/mol. The summed E-state index contributed by atoms with van der Waals surface area (Å²) in [5.74, 6) is -0.729. The SMILES string of the molecule is CCCNC(=O)[C@@H](C)N(Cc1ccccc1C)C(=O)CN(c1ccc(Br)c(C)c1)S(C)(=O)=O. The normalized spacial score (nSPS) is 12.2. The van der Waals surface area contributed by atoms with Crippen LogP contribution in [0.4, 0.5) is 5.69 Å². The number of carbonyl (C=O) groups excluding carboxylic acids is 2. The van der Waals surface area contributed by atoms with E-state index in [-0.39, 0.29) is 12.5 Å². The fourth-order valence-electron chi connectivity index (χ4n) is 3.35. The maximum absolute atomic E-state index is 13.5. The second-order valence-electron chi connectivity index (χ2n) is 8.12. The number of halogens is 1. The summed E-state index contributed by atoms with van der Waals surface area (Å²) < 4.78 is 27.1. The van der Waals surface area contributed by atoms with Crippen LogP contribution in [-0.4, -0.2) is 50.5 Å². The van der Waals surface area contributed by atoms with Crippen LogP contribution in [0.2, 0.25) is 0 Å². The lowest BCUT2D eigenvalue weighted by Gasteiger charge is -2.32. The highest BCUT2D eigenvalue weighted by Crippen LogP contribution is 2.25. The highest BCUT2D eigenvalue weighted by molar-refractivity contribution is 9.10. The van der Waals surface area contributed by atoms with Gasteiger partial charge in [-0.05, 0) is 62.1 Å². The largest absolute Gasteiger partial charge is 0.354 e. The van der Waals surface area contributed by atoms with E-state index in [9.17, 15) is 18.0 Å². The first-order chi connectivity index (χ1) is 15.5. The quantitative estimate of drug-likeness (QED) is 0.499. The van der Waals surface area contributed by atoms with Gasteiger partial charge in [0.15, 0.2) is 0 Å². The third-order valence-corrected chi connectivity index (χ3v) is 7.46. The summed E-state index contributed by atoms with van der Waals surface area (Å²) in [6.07, 6.45) is 1.84. The number of carbonyl (C=O) groups is 2. The molecule has 0 bridgehead atoms. The summed E-state index contributed by atoms with van der Waals surface area (Å²) >= 11 is 3.41. The van der Waals surface area contributed by atoms with Crippen LogP contribution in [0.25, 0.3) is 0 Å². The second-order valence-corrected chi connectivity index (χ2v) is 10.9. The maximum Gasteiger partial charge on any atom is 0.244 e. The fraction of sp³-hybridized carbons (Fsp3) is 0.417. The van der Waals surface area contributed by atoms with Crippen LogP contribution >= 0.6 is 15.9 Å². The highest BCUT2D eigenvalue weighted by atomic mass is 79.9. The van der Waals surface area contributed by atoms with E-state index in [1.54, 1.807) is 25.1 Å². The van der Waals surface area contributed by atoms with E-state index < -0.39 is 28.5 Å². The zero-order chi connectivity index (χ0) is 24.8. The molecule has 1 atom stereocenters. The number of benzene rings is 2. The number of hydrogen-bond acceptors (Lipinski definition) is 4. The fourth-order valence-corrected chi connectivity index (χ4v) is 4.44. The molecule has 0 aromatic heterocycles. The number of nitrogens with one attached hydrogen (secondary N) is 1. The Kier molecular flexibility index (Phi) is 9.48. The molecule has 0 unspecified atom stereocenters. The van der Waals surface area contributed by atoms with Crippen LogP contribution < -0.4 is 9.62 Å². The van der Waals surface area contributed by atoms with Gasteiger partial charge in [-0.1, -0.05) is 47.1 Å². The molecule has 0 aliphatic rings. The van der Waals surface area contributed by atoms with Crippen molar-refractivity contribution >= 4 is 43.5 Å². The molecule has 9 heteroatoms. The second kappa shape index (κ2) is 11.7. The van der Waals surface area contributed by atoms with Gasteiger partial charge in [0, 0.05) is 17.6 Å². The molecule has 1 N–H and O–H groups in total. The third-order valence-electron chi connectivity index (χ3n) is 5.43. The molecule has 180 valence electrons. The first kappa shape index (κ1) is 26.9. The molecule has 0 saturated carbocycles. The van der Waals surface area contributed by atoms with Gasteiger partial charge >= 0.3 is 0 Å². The number of rotatable bonds is 10. The van der Waals surface area contributed by atoms with E-state index in [1.165, 1.54) is 4.90 Å². The Bertz CT molecular complexity index is 1100. The topological polar surface area (TPSA) is 86.8 Å². The maximum atomic E-state index is 13.5. The highest BCUT2D eigenvalue weighted by Gasteiger charge is 2.30. The molecule has 2 amide bonds. The van der Waals surface area contributed by atoms with Crippen molar-refractivity contribution in [2.45, 2.75) is 46.7 Å². The molecule has 0 spiro atoms. The van der Waals surface area contributed by atoms with Crippen molar-refractivity contribution in [2.75, 3.05) is 23.7 Å². The summed E-state index contributed by atoms with van der Waals surface area (Å²) in [7, 11) is -3.75. The molecular formula is C24H32BrN3O4S. The molecule has 0 saturated heterocycles. The van der Waals surface area contributed by atoms with Gasteiger partial charge in [-0.3, -0.25) is 13.9 Å². The van der Waals surface area contributed by atoms with E-state index in [2.05, 4.69) is 21.2 Å². The average molecular weight is 539 g/mol. The standard InChI is InChI=1S/C24H32BrN3O4S/c1-6-13-26-24(30)19(4)27(15-20-10-8-7-9-17(20)2)23(29)16-28(33(5,31)32)21-11-12-22(25)18(3)14-21/h7-12,14,19H,6,13,15-16H2,1-5H3,(H,26,30)/t19-/m1/s1. The van der Waals surface area contributed by atoms with Crippen molar-refractivity contribution in [2.24, 2.45) is 0 Å². The molecule has 2 rings (SSSR count). The molecule has 0 aliphatic carbocycles. The molecule has 0 fully saturated rings. The number of anilines is 1. The van der Waals surface area contributed by atoms with E-state index >= 15 is 0 Å². The van der Waals surface area contributed by atoms with Gasteiger partial charge in [0.1, 0.15) is 12.6 Å². The predicted molar refractivity (Wildman–Crippen MR) is 136 cm³/mol. The van der Waals surface area contributed by atoms with Gasteiger partial charge in [0.2, 0.25) is 21.8 Å². The number of amides is 2. The molecule has 0 aliphatic heterocycles. The van der Waals surface area contributed by atoms with E-state index in [1.807, 2.05) is 45.0 Å². The Balaban J connectivity index is 2.40. The zero-order valence-corrected chi connectivity index (χ0v) is 22.2. The first-order valence-corrected chi connectivity index (χ1v) is 13.4. The van der Waals surface area contributed by atoms with Crippen LogP contribution in [0.3, 0.4) is 0 Å². The summed E-state index contributed by atoms with van der Waals surface area (Å²) in [4.78, 5) is 27.6. The Morgan fingerprint density at radius 1 is 1.09 bits per heavy atom. The smallest absolute Gasteiger partial charge is 0.244 e. The molecule has 0 radical (unpaired) electrons. The van der Waals surface area contributed by atoms with Crippen molar-refractivity contribution in [1.82, 2.24) is 10.2 Å². The van der Waals surface area contributed by atoms with E-state index in [0.717, 1.165) is 38.1 Å². The van der Waals surface area contributed by atoms with Crippen molar-refractivity contribution < 1.29 is 18.0 Å². The summed E-state index contributed by atoms with van der Waals surface area (Å²) in [6.45, 7) is 7.69. The average Bonchev–Trinajstić information content (AvgIpc) is 2.75. The summed E-state index contributed by atoms with van der Waals surface area (Å²) in [5.41, 5.74) is 3.12. The number of sulfonamides is 1. The molecule has 2 aromatic rings. The van der Waals surface area contributed by atoms with Crippen molar-refractivity contribution in [3.63, 3.8) is 0 Å². The van der Waals surface area contributed by atoms with Crippen LogP contribution in [0.15, 0.2) is 46.9 Å². The lowest BCUT2D eigenvalue weighted by Crippen LogP contribution is -2.51. The first-order valence-electron chi connectivity index (χ1n) is 10.8. The lowest BCUT2D eigenvalue weighted by molar-refractivity contribution is -0.139. The lowest BCUT2D eigenvalue weighted by atomic mass is 10.1. The van der Waals surface area contributed by atoms with Crippen LogP contribution in [0, 0.1) is 13.8 Å². The minimum absolute atomic E-state index is 0.198. The minimum Gasteiger partial charge on any atom is -0.354 e. The van der Waals surface area contributed by atoms with E-state index in [4.69, 9.17) is 0 Å². The van der Waals surface area contributed by atoms with Gasteiger partial charge in [0.05, 0.1) is 11.9 Å². The Hall–Kier alpha value is -2.39. The molecule has 7 nitrogen and oxygen atoms in total. The Labute approximate surface area is 205 Å². The number of hydrogen-bond donors (Lipinski definition) is 1. The third kappa shape index (κ3) is 7.30.